The molecule has 0 saturated heterocycles. The van der Waals surface area contributed by atoms with Gasteiger partial charge in [-0.3, -0.25) is 4.79 Å². The van der Waals surface area contributed by atoms with Crippen molar-refractivity contribution in [2.24, 2.45) is 0 Å². The van der Waals surface area contributed by atoms with E-state index >= 15 is 0 Å². The molecular weight excluding hydrogens is 315 g/mol. The lowest BCUT2D eigenvalue weighted by Gasteiger charge is -2.08. The van der Waals surface area contributed by atoms with Gasteiger partial charge in [0.25, 0.3) is 5.91 Å². The van der Waals surface area contributed by atoms with Gasteiger partial charge >= 0.3 is 0 Å². The number of benzene rings is 3. The summed E-state index contributed by atoms with van der Waals surface area (Å²) in [5.41, 5.74) is 1.66. The molecule has 0 atom stereocenters. The summed E-state index contributed by atoms with van der Waals surface area (Å²) in [6, 6.07) is 19.6. The van der Waals surface area contributed by atoms with Crippen LogP contribution in [0.4, 0.5) is 10.1 Å². The monoisotopic (exact) mass is 330 g/mol. The molecule has 0 unspecified atom stereocenters. The molecule has 0 aliphatic rings. The number of nitrogens with one attached hydrogen (secondary N) is 1. The quantitative estimate of drug-likeness (QED) is 0.552. The van der Waals surface area contributed by atoms with Gasteiger partial charge in [0, 0.05) is 11.1 Å². The lowest BCUT2D eigenvalue weighted by atomic mass is 10.1. The molecule has 1 amide bonds. The van der Waals surface area contributed by atoms with Crippen molar-refractivity contribution in [3.8, 4) is 6.07 Å². The Morgan fingerprint density at radius 2 is 1.88 bits per heavy atom. The predicted molar refractivity (Wildman–Crippen MR) is 97.3 cm³/mol. The number of aryl methyl sites for hydroxylation is 1. The van der Waals surface area contributed by atoms with Crippen LogP contribution in [0.15, 0.2) is 66.2 Å². The van der Waals surface area contributed by atoms with Crippen LogP contribution in [-0.2, 0) is 4.79 Å². The Hall–Kier alpha value is -3.45. The predicted octanol–water partition coefficient (Wildman–Crippen LogP) is 4.83. The first kappa shape index (κ1) is 16.4. The van der Waals surface area contributed by atoms with Crippen LogP contribution in [0, 0.1) is 24.1 Å². The van der Waals surface area contributed by atoms with Crippen molar-refractivity contribution in [1.29, 1.82) is 5.26 Å². The first-order chi connectivity index (χ1) is 12.1. The topological polar surface area (TPSA) is 52.9 Å². The second-order valence-electron chi connectivity index (χ2n) is 5.66. The fraction of sp³-hybridized carbons (Fsp3) is 0.0476. The third-order valence-electron chi connectivity index (χ3n) is 3.90. The highest BCUT2D eigenvalue weighted by molar-refractivity contribution is 6.12. The van der Waals surface area contributed by atoms with Crippen molar-refractivity contribution in [3.63, 3.8) is 0 Å². The number of nitrogens with zero attached hydrogens (tertiary/aromatic N) is 1. The summed E-state index contributed by atoms with van der Waals surface area (Å²) in [5.74, 6) is -0.823. The maximum Gasteiger partial charge on any atom is 0.266 e. The molecule has 0 spiro atoms. The van der Waals surface area contributed by atoms with Gasteiger partial charge in [-0.1, -0.05) is 42.5 Å². The van der Waals surface area contributed by atoms with Gasteiger partial charge in [-0.05, 0) is 47.7 Å². The highest BCUT2D eigenvalue weighted by Gasteiger charge is 2.11. The molecule has 4 heteroatoms. The summed E-state index contributed by atoms with van der Waals surface area (Å²) in [5, 5.41) is 14.0. The van der Waals surface area contributed by atoms with Crippen molar-refractivity contribution in [2.45, 2.75) is 6.92 Å². The van der Waals surface area contributed by atoms with Crippen LogP contribution < -0.4 is 5.32 Å². The first-order valence-corrected chi connectivity index (χ1v) is 7.75. The molecule has 0 aliphatic heterocycles. The molecule has 3 nitrogen and oxygen atoms in total. The molecule has 1 N–H and O–H groups in total. The molecule has 0 bridgehead atoms. The third kappa shape index (κ3) is 3.56. The molecule has 0 aromatic heterocycles. The van der Waals surface area contributed by atoms with Crippen LogP contribution in [0.25, 0.3) is 16.8 Å². The number of rotatable bonds is 3. The molecule has 3 aromatic carbocycles. The summed E-state index contributed by atoms with van der Waals surface area (Å²) < 4.78 is 13.3. The average Bonchev–Trinajstić information content (AvgIpc) is 2.63. The average molecular weight is 330 g/mol. The van der Waals surface area contributed by atoms with Gasteiger partial charge < -0.3 is 5.32 Å². The van der Waals surface area contributed by atoms with Gasteiger partial charge in [0.15, 0.2) is 0 Å². The van der Waals surface area contributed by atoms with Gasteiger partial charge in [-0.15, -0.1) is 0 Å². The Morgan fingerprint density at radius 3 is 2.64 bits per heavy atom. The van der Waals surface area contributed by atoms with Crippen molar-refractivity contribution >= 4 is 28.4 Å². The van der Waals surface area contributed by atoms with Gasteiger partial charge in [0.05, 0.1) is 0 Å². The van der Waals surface area contributed by atoms with Crippen LogP contribution in [0.2, 0.25) is 0 Å². The summed E-state index contributed by atoms with van der Waals surface area (Å²) in [6.45, 7) is 1.63. The van der Waals surface area contributed by atoms with E-state index in [0.717, 1.165) is 10.8 Å². The lowest BCUT2D eigenvalue weighted by Crippen LogP contribution is -2.13. The van der Waals surface area contributed by atoms with Gasteiger partial charge in [-0.25, -0.2) is 4.39 Å². The van der Waals surface area contributed by atoms with Crippen molar-refractivity contribution in [2.75, 3.05) is 5.32 Å². The molecule has 0 fully saturated rings. The highest BCUT2D eigenvalue weighted by atomic mass is 19.1. The second-order valence-corrected chi connectivity index (χ2v) is 5.66. The fourth-order valence-electron chi connectivity index (χ4n) is 2.60. The lowest BCUT2D eigenvalue weighted by molar-refractivity contribution is -0.112. The van der Waals surface area contributed by atoms with Crippen molar-refractivity contribution < 1.29 is 9.18 Å². The molecule has 0 saturated carbocycles. The molecule has 3 aromatic rings. The molecule has 0 heterocycles. The SMILES string of the molecule is Cc1cc(/C=C(/C#N)C(=O)Nc2cccc3ccccc23)ccc1F. The third-order valence-corrected chi connectivity index (χ3v) is 3.90. The molecule has 122 valence electrons. The number of halogens is 1. The number of fused-ring (bicyclic) bond motifs is 1. The zero-order valence-electron chi connectivity index (χ0n) is 13.6. The molecule has 25 heavy (non-hydrogen) atoms. The van der Waals surface area contributed by atoms with Gasteiger partial charge in [-0.2, -0.15) is 5.26 Å². The van der Waals surface area contributed by atoms with Crippen LogP contribution >= 0.6 is 0 Å². The molecule has 0 radical (unpaired) electrons. The van der Waals surface area contributed by atoms with E-state index in [1.54, 1.807) is 19.1 Å². The van der Waals surface area contributed by atoms with E-state index in [2.05, 4.69) is 5.32 Å². The standard InChI is InChI=1S/C21H15FN2O/c1-14-11-15(9-10-19(14)22)12-17(13-23)21(25)24-20-8-4-6-16-5-2-3-7-18(16)20/h2-12H,1H3,(H,24,25)/b17-12-. The van der Waals surface area contributed by atoms with E-state index in [0.29, 0.717) is 16.8 Å². The van der Waals surface area contributed by atoms with E-state index in [1.807, 2.05) is 42.5 Å². The van der Waals surface area contributed by atoms with Crippen molar-refractivity contribution in [1.82, 2.24) is 0 Å². The second kappa shape index (κ2) is 6.98. The van der Waals surface area contributed by atoms with E-state index in [-0.39, 0.29) is 11.4 Å². The largest absolute Gasteiger partial charge is 0.321 e. The van der Waals surface area contributed by atoms with Gasteiger partial charge in [0.1, 0.15) is 17.5 Å². The molecular formula is C21H15FN2O. The first-order valence-electron chi connectivity index (χ1n) is 7.75. The van der Waals surface area contributed by atoms with E-state index < -0.39 is 5.91 Å². The summed E-state index contributed by atoms with van der Waals surface area (Å²) in [7, 11) is 0. The summed E-state index contributed by atoms with van der Waals surface area (Å²) >= 11 is 0. The molecule has 3 rings (SSSR count). The zero-order valence-corrected chi connectivity index (χ0v) is 13.6. The Kier molecular flexibility index (Phi) is 4.58. The summed E-state index contributed by atoms with van der Waals surface area (Å²) in [6.07, 6.45) is 1.45. The zero-order chi connectivity index (χ0) is 17.8. The highest BCUT2D eigenvalue weighted by Crippen LogP contribution is 2.23. The number of nitriles is 1. The Balaban J connectivity index is 1.91. The number of hydrogen-bond donors (Lipinski definition) is 1. The number of carbonyl (C=O) groups is 1. The van der Waals surface area contributed by atoms with Crippen LogP contribution in [0.5, 0.6) is 0 Å². The minimum atomic E-state index is -0.499. The number of anilines is 1. The normalized spacial score (nSPS) is 11.2. The minimum absolute atomic E-state index is 0.0426. The van der Waals surface area contributed by atoms with Crippen LogP contribution in [0.1, 0.15) is 11.1 Å². The van der Waals surface area contributed by atoms with Gasteiger partial charge in [0.2, 0.25) is 0 Å². The fourth-order valence-corrected chi connectivity index (χ4v) is 2.60. The van der Waals surface area contributed by atoms with E-state index in [4.69, 9.17) is 0 Å². The van der Waals surface area contributed by atoms with E-state index in [1.165, 1.54) is 18.2 Å². The minimum Gasteiger partial charge on any atom is -0.321 e. The maximum absolute atomic E-state index is 13.3. The number of amides is 1. The maximum atomic E-state index is 13.3. The smallest absolute Gasteiger partial charge is 0.266 e. The van der Waals surface area contributed by atoms with Crippen LogP contribution in [0.3, 0.4) is 0 Å². The van der Waals surface area contributed by atoms with Crippen molar-refractivity contribution in [3.05, 3.63) is 83.2 Å². The van der Waals surface area contributed by atoms with Crippen LogP contribution in [-0.4, -0.2) is 5.91 Å². The number of hydrogen-bond acceptors (Lipinski definition) is 2. The summed E-state index contributed by atoms with van der Waals surface area (Å²) in [4.78, 5) is 12.5. The van der Waals surface area contributed by atoms with E-state index in [9.17, 15) is 14.4 Å². The number of carbonyl (C=O) groups excluding carboxylic acids is 1. The Labute approximate surface area is 145 Å². The Morgan fingerprint density at radius 1 is 1.12 bits per heavy atom. The Bertz CT molecular complexity index is 1030. The molecule has 0 aliphatic carbocycles.